The summed E-state index contributed by atoms with van der Waals surface area (Å²) in [5.41, 5.74) is 5.98. The maximum atomic E-state index is 13.5. The SMILES string of the molecule is CCC(CC)COc1nc(N)nc2c1N([C@@H]1O[C@H](CO[P@@]3(=O)OCC[C@@H](c4cccc(Cl)c4)O3)[C@H]3OC(=O)O[C@]31C)CN2. The molecule has 6 atom stereocenters. The lowest BCUT2D eigenvalue weighted by Crippen LogP contribution is -2.52. The Hall–Kier alpha value is -2.87. The zero-order valence-electron chi connectivity index (χ0n) is 24.1. The van der Waals surface area contributed by atoms with Crippen molar-refractivity contribution in [1.82, 2.24) is 9.97 Å². The number of benzene rings is 1. The van der Waals surface area contributed by atoms with E-state index in [0.717, 1.165) is 18.4 Å². The minimum Gasteiger partial charge on any atom is -0.476 e. The van der Waals surface area contributed by atoms with E-state index in [1.54, 1.807) is 30.0 Å². The van der Waals surface area contributed by atoms with Crippen LogP contribution in [-0.4, -0.2) is 66.6 Å². The Bertz CT molecular complexity index is 1420. The number of hydrogen-bond acceptors (Lipinski definition) is 14. The van der Waals surface area contributed by atoms with Crippen LogP contribution in [0.5, 0.6) is 5.88 Å². The normalized spacial score (nSPS) is 31.4. The van der Waals surface area contributed by atoms with Crippen LogP contribution < -0.4 is 20.7 Å². The first kappa shape index (κ1) is 30.2. The van der Waals surface area contributed by atoms with Gasteiger partial charge in [0.25, 0.3) is 0 Å². The van der Waals surface area contributed by atoms with E-state index in [0.29, 0.717) is 35.5 Å². The first-order valence-corrected chi connectivity index (χ1v) is 16.1. The van der Waals surface area contributed by atoms with Crippen LogP contribution in [-0.2, 0) is 32.3 Å². The summed E-state index contributed by atoms with van der Waals surface area (Å²) in [5.74, 6) is 1.13. The standard InChI is InChI=1S/C27H35ClN5O9P/c1-4-15(5-2)12-36-23-20-22(31-25(29)32-23)30-14-33(20)24-27(3)21(40-26(34)41-27)19(39-24)13-38-43(35)37-10-9-18(42-43)16-7-6-8-17(28)11-16/h6-8,11,15,18-19,21,24H,4-5,9-10,12-14H2,1-3H3,(H3,29,30,31,32)/t18-,19+,21+,24+,27+,43+/m0/s1. The van der Waals surface area contributed by atoms with E-state index in [9.17, 15) is 9.36 Å². The number of phosphoric ester groups is 1. The van der Waals surface area contributed by atoms with E-state index in [1.165, 1.54) is 0 Å². The lowest BCUT2D eigenvalue weighted by Gasteiger charge is -2.33. The second-order valence-electron chi connectivity index (χ2n) is 11.0. The molecule has 43 heavy (non-hydrogen) atoms. The highest BCUT2D eigenvalue weighted by molar-refractivity contribution is 7.48. The number of nitrogens with one attached hydrogen (secondary N) is 1. The number of nitrogen functional groups attached to an aromatic ring is 1. The summed E-state index contributed by atoms with van der Waals surface area (Å²) in [6.07, 6.45) is -1.67. The van der Waals surface area contributed by atoms with Gasteiger partial charge in [-0.1, -0.05) is 50.4 Å². The zero-order valence-corrected chi connectivity index (χ0v) is 25.7. The first-order chi connectivity index (χ1) is 20.6. The highest BCUT2D eigenvalue weighted by Gasteiger charge is 2.66. The average molecular weight is 640 g/mol. The smallest absolute Gasteiger partial charge is 0.476 e. The fourth-order valence-corrected chi connectivity index (χ4v) is 7.36. The van der Waals surface area contributed by atoms with Crippen LogP contribution in [0.25, 0.3) is 0 Å². The minimum atomic E-state index is -4.00. The largest absolute Gasteiger partial charge is 0.509 e. The van der Waals surface area contributed by atoms with Gasteiger partial charge in [-0.2, -0.15) is 9.97 Å². The Morgan fingerprint density at radius 1 is 1.30 bits per heavy atom. The average Bonchev–Trinajstić information content (AvgIpc) is 3.61. The Balaban J connectivity index is 1.21. The van der Waals surface area contributed by atoms with E-state index in [2.05, 4.69) is 29.1 Å². The van der Waals surface area contributed by atoms with Crippen molar-refractivity contribution in [2.45, 2.75) is 70.2 Å². The molecule has 0 spiro atoms. The summed E-state index contributed by atoms with van der Waals surface area (Å²) in [6.45, 7) is 6.47. The van der Waals surface area contributed by atoms with Gasteiger partial charge in [-0.3, -0.25) is 13.6 Å². The third kappa shape index (κ3) is 5.84. The van der Waals surface area contributed by atoms with Crippen LogP contribution in [0, 0.1) is 5.92 Å². The topological polar surface area (TPSA) is 166 Å². The number of hydrogen-bond donors (Lipinski definition) is 2. The van der Waals surface area contributed by atoms with Crippen molar-refractivity contribution in [2.75, 3.05) is 42.4 Å². The van der Waals surface area contributed by atoms with E-state index in [1.807, 2.05) is 6.07 Å². The zero-order chi connectivity index (χ0) is 30.4. The van der Waals surface area contributed by atoms with Gasteiger partial charge in [-0.05, 0) is 30.5 Å². The molecule has 0 bridgehead atoms. The highest BCUT2D eigenvalue weighted by atomic mass is 35.5. The Morgan fingerprint density at radius 3 is 2.88 bits per heavy atom. The molecule has 14 nitrogen and oxygen atoms in total. The third-order valence-corrected chi connectivity index (χ3v) is 9.91. The van der Waals surface area contributed by atoms with Crippen LogP contribution in [0.4, 0.5) is 22.2 Å². The lowest BCUT2D eigenvalue weighted by atomic mass is 9.96. The molecular weight excluding hydrogens is 605 g/mol. The molecule has 0 radical (unpaired) electrons. The summed E-state index contributed by atoms with van der Waals surface area (Å²) in [4.78, 5) is 22.9. The van der Waals surface area contributed by atoms with Crippen molar-refractivity contribution < 1.29 is 41.9 Å². The number of ether oxygens (including phenoxy) is 4. The second kappa shape index (κ2) is 11.9. The molecule has 16 heteroatoms. The summed E-state index contributed by atoms with van der Waals surface area (Å²) in [5, 5.41) is 3.72. The number of carbonyl (C=O) groups is 1. The van der Waals surface area contributed by atoms with Gasteiger partial charge in [-0.15, -0.1) is 0 Å². The summed E-state index contributed by atoms with van der Waals surface area (Å²) >= 11 is 6.13. The summed E-state index contributed by atoms with van der Waals surface area (Å²) < 4.78 is 54.2. The summed E-state index contributed by atoms with van der Waals surface area (Å²) in [6, 6.07) is 7.11. The van der Waals surface area contributed by atoms with E-state index < -0.39 is 44.1 Å². The fraction of sp³-hybridized carbons (Fsp3) is 0.593. The van der Waals surface area contributed by atoms with E-state index in [4.69, 9.17) is 49.9 Å². The van der Waals surface area contributed by atoms with Crippen LogP contribution in [0.1, 0.15) is 51.7 Å². The van der Waals surface area contributed by atoms with Crippen LogP contribution in [0.15, 0.2) is 24.3 Å². The highest BCUT2D eigenvalue weighted by Crippen LogP contribution is 2.58. The van der Waals surface area contributed by atoms with Gasteiger partial charge in [0.1, 0.15) is 11.8 Å². The molecule has 2 aromatic rings. The van der Waals surface area contributed by atoms with Crippen molar-refractivity contribution in [3.8, 4) is 5.88 Å². The molecule has 0 unspecified atom stereocenters. The van der Waals surface area contributed by atoms with Gasteiger partial charge in [0.05, 0.1) is 32.6 Å². The van der Waals surface area contributed by atoms with Gasteiger partial charge >= 0.3 is 14.0 Å². The van der Waals surface area contributed by atoms with Gasteiger partial charge in [0, 0.05) is 11.4 Å². The first-order valence-electron chi connectivity index (χ1n) is 14.3. The maximum Gasteiger partial charge on any atom is 0.509 e. The number of fused-ring (bicyclic) bond motifs is 2. The Morgan fingerprint density at radius 2 is 2.12 bits per heavy atom. The molecule has 1 aromatic heterocycles. The maximum absolute atomic E-state index is 13.5. The quantitative estimate of drug-likeness (QED) is 0.262. The molecule has 6 rings (SSSR count). The fourth-order valence-electron chi connectivity index (χ4n) is 5.77. The molecule has 5 heterocycles. The van der Waals surface area contributed by atoms with Crippen molar-refractivity contribution >= 4 is 43.0 Å². The molecule has 4 aliphatic heterocycles. The number of nitrogens with two attached hydrogens (primary N) is 1. The van der Waals surface area contributed by atoms with Crippen molar-refractivity contribution in [1.29, 1.82) is 0 Å². The molecule has 3 saturated heterocycles. The predicted octanol–water partition coefficient (Wildman–Crippen LogP) is 5.04. The van der Waals surface area contributed by atoms with E-state index in [-0.39, 0.29) is 31.7 Å². The molecular formula is C27H35ClN5O9P. The van der Waals surface area contributed by atoms with Crippen molar-refractivity contribution in [2.24, 2.45) is 5.92 Å². The third-order valence-electron chi connectivity index (χ3n) is 8.19. The molecule has 3 fully saturated rings. The molecule has 0 amide bonds. The predicted molar refractivity (Wildman–Crippen MR) is 155 cm³/mol. The minimum absolute atomic E-state index is 0.0549. The van der Waals surface area contributed by atoms with Crippen LogP contribution >= 0.6 is 19.4 Å². The van der Waals surface area contributed by atoms with Gasteiger partial charge < -0.3 is 34.9 Å². The number of halogens is 1. The van der Waals surface area contributed by atoms with Gasteiger partial charge in [-0.25, -0.2) is 9.36 Å². The molecule has 3 N–H and O–H groups in total. The monoisotopic (exact) mass is 639 g/mol. The van der Waals surface area contributed by atoms with Gasteiger partial charge in [0.15, 0.2) is 23.8 Å². The second-order valence-corrected chi connectivity index (χ2v) is 13.1. The molecule has 0 aliphatic carbocycles. The Labute approximate surface area is 254 Å². The number of phosphoric acid groups is 1. The van der Waals surface area contributed by atoms with Crippen molar-refractivity contribution in [3.05, 3.63) is 34.9 Å². The van der Waals surface area contributed by atoms with Gasteiger partial charge in [0.2, 0.25) is 11.8 Å². The number of carbonyl (C=O) groups excluding carboxylic acids is 1. The van der Waals surface area contributed by atoms with Crippen LogP contribution in [0.3, 0.4) is 0 Å². The van der Waals surface area contributed by atoms with Crippen LogP contribution in [0.2, 0.25) is 5.02 Å². The molecule has 4 aliphatic rings. The van der Waals surface area contributed by atoms with Crippen molar-refractivity contribution in [3.63, 3.8) is 0 Å². The number of nitrogens with zero attached hydrogens (tertiary/aromatic N) is 3. The molecule has 234 valence electrons. The molecule has 0 saturated carbocycles. The van der Waals surface area contributed by atoms with E-state index >= 15 is 0 Å². The summed E-state index contributed by atoms with van der Waals surface area (Å²) in [7, 11) is -4.00. The molecule has 1 aromatic carbocycles. The lowest BCUT2D eigenvalue weighted by molar-refractivity contribution is -0.0612. The number of anilines is 3. The number of rotatable bonds is 10. The number of aromatic nitrogens is 2. The Kier molecular flexibility index (Phi) is 8.35.